The van der Waals surface area contributed by atoms with Crippen molar-refractivity contribution in [1.82, 2.24) is 0 Å². The van der Waals surface area contributed by atoms with Crippen LogP contribution in [-0.4, -0.2) is 38.9 Å². The van der Waals surface area contributed by atoms with Gasteiger partial charge in [0.15, 0.2) is 5.78 Å². The van der Waals surface area contributed by atoms with Gasteiger partial charge in [-0.15, -0.1) is 0 Å². The number of hydrogen-bond acceptors (Lipinski definition) is 4. The molecule has 4 aliphatic carbocycles. The van der Waals surface area contributed by atoms with E-state index in [0.717, 1.165) is 38.5 Å². The molecule has 0 aromatic carbocycles. The predicted octanol–water partition coefficient (Wildman–Crippen LogP) is 2.93. The molecule has 4 rings (SSSR count). The Labute approximate surface area is 157 Å². The highest BCUT2D eigenvalue weighted by atomic mass is 16.3. The molecule has 0 aromatic rings. The van der Waals surface area contributed by atoms with Crippen LogP contribution in [0.1, 0.15) is 72.6 Å². The first kappa shape index (κ1) is 18.9. The van der Waals surface area contributed by atoms with E-state index in [9.17, 15) is 20.1 Å². The summed E-state index contributed by atoms with van der Waals surface area (Å²) in [6, 6.07) is 0. The van der Waals surface area contributed by atoms with Crippen LogP contribution in [0.15, 0.2) is 0 Å². The van der Waals surface area contributed by atoms with Crippen LogP contribution in [-0.2, 0) is 4.79 Å². The number of aliphatic hydroxyl groups excluding tert-OH is 2. The van der Waals surface area contributed by atoms with Crippen LogP contribution in [0.2, 0.25) is 0 Å². The highest BCUT2D eigenvalue weighted by molar-refractivity contribution is 5.86. The van der Waals surface area contributed by atoms with Gasteiger partial charge in [-0.25, -0.2) is 0 Å². The second-order valence-electron chi connectivity index (χ2n) is 10.7. The van der Waals surface area contributed by atoms with Crippen molar-refractivity contribution in [2.45, 2.75) is 90.4 Å². The Hall–Kier alpha value is -0.450. The smallest absolute Gasteiger partial charge is 0.162 e. The minimum absolute atomic E-state index is 0.0559. The fourth-order valence-corrected chi connectivity index (χ4v) is 8.44. The van der Waals surface area contributed by atoms with E-state index in [4.69, 9.17) is 0 Å². The van der Waals surface area contributed by atoms with Crippen molar-refractivity contribution in [2.24, 2.45) is 40.4 Å². The highest BCUT2D eigenvalue weighted by Gasteiger charge is 2.70. The third kappa shape index (κ3) is 2.15. The molecule has 0 saturated heterocycles. The molecule has 148 valence electrons. The average molecular weight is 365 g/mol. The lowest BCUT2D eigenvalue weighted by atomic mass is 9.43. The number of fused-ring (bicyclic) bond motifs is 5. The van der Waals surface area contributed by atoms with Crippen LogP contribution in [0, 0.1) is 40.4 Å². The number of rotatable bonds is 1. The molecule has 0 radical (unpaired) electrons. The minimum Gasteiger partial charge on any atom is -0.393 e. The monoisotopic (exact) mass is 364 g/mol. The van der Waals surface area contributed by atoms with Crippen LogP contribution in [0.3, 0.4) is 0 Å². The molecule has 0 aromatic heterocycles. The fourth-order valence-electron chi connectivity index (χ4n) is 8.44. The molecule has 4 fully saturated rings. The first-order valence-electron chi connectivity index (χ1n) is 10.6. The maximum atomic E-state index is 12.5. The lowest BCUT2D eigenvalue weighted by Crippen LogP contribution is -2.63. The molecule has 4 nitrogen and oxygen atoms in total. The molecule has 0 bridgehead atoms. The first-order chi connectivity index (χ1) is 12.1. The summed E-state index contributed by atoms with van der Waals surface area (Å²) in [5, 5.41) is 32.9. The zero-order valence-electron chi connectivity index (χ0n) is 16.7. The molecule has 0 heterocycles. The number of carbonyl (C=O) groups excluding carboxylic acids is 1. The SMILES string of the molecule is CC(=O)[C@@]1(O)[C@H](C)C[C@@H]2[C@@H]3CC[C@H]4C[C@H](O)CC[C@]4(C)[C@H]3[C@H](O)C[C@]21C. The Morgan fingerprint density at radius 3 is 2.42 bits per heavy atom. The molecule has 4 saturated carbocycles. The van der Waals surface area contributed by atoms with E-state index in [2.05, 4.69) is 13.8 Å². The topological polar surface area (TPSA) is 77.8 Å². The molecule has 4 aliphatic rings. The van der Waals surface area contributed by atoms with Gasteiger partial charge in [0.25, 0.3) is 0 Å². The zero-order chi connectivity index (χ0) is 19.1. The summed E-state index contributed by atoms with van der Waals surface area (Å²) < 4.78 is 0. The second-order valence-corrected chi connectivity index (χ2v) is 10.7. The van der Waals surface area contributed by atoms with E-state index in [1.807, 2.05) is 6.92 Å². The molecule has 0 spiro atoms. The van der Waals surface area contributed by atoms with Gasteiger partial charge >= 0.3 is 0 Å². The number of Topliss-reactive ketones (excluding diaryl/α,β-unsaturated/α-hetero) is 1. The van der Waals surface area contributed by atoms with E-state index in [1.165, 1.54) is 6.92 Å². The summed E-state index contributed by atoms with van der Waals surface area (Å²) >= 11 is 0. The van der Waals surface area contributed by atoms with Crippen LogP contribution < -0.4 is 0 Å². The molecular weight excluding hydrogens is 328 g/mol. The Bertz CT molecular complexity index is 605. The van der Waals surface area contributed by atoms with Gasteiger partial charge < -0.3 is 15.3 Å². The summed E-state index contributed by atoms with van der Waals surface area (Å²) in [6.07, 6.45) is 5.56. The molecule has 26 heavy (non-hydrogen) atoms. The lowest BCUT2D eigenvalue weighted by molar-refractivity contribution is -0.203. The minimum atomic E-state index is -1.32. The quantitative estimate of drug-likeness (QED) is 0.668. The first-order valence-corrected chi connectivity index (χ1v) is 10.6. The average Bonchev–Trinajstić information content (AvgIpc) is 2.76. The maximum absolute atomic E-state index is 12.5. The summed E-state index contributed by atoms with van der Waals surface area (Å²) in [4.78, 5) is 12.5. The van der Waals surface area contributed by atoms with E-state index >= 15 is 0 Å². The van der Waals surface area contributed by atoms with Gasteiger partial charge in [-0.3, -0.25) is 4.79 Å². The molecule has 4 heteroatoms. The predicted molar refractivity (Wildman–Crippen MR) is 99.3 cm³/mol. The number of ketones is 1. The standard InChI is InChI=1S/C22H36O4/c1-12-9-17-16-6-5-14-10-15(24)7-8-20(14,3)19(16)18(25)11-21(17,4)22(12,26)13(2)23/h12,14-19,24-26H,5-11H2,1-4H3/t12-,14+,15-,16+,17-,18-,19-,20+,21-,22+/m1/s1. The molecule has 3 N–H and O–H groups in total. The Kier molecular flexibility index (Phi) is 4.20. The van der Waals surface area contributed by atoms with Crippen LogP contribution in [0.4, 0.5) is 0 Å². The summed E-state index contributed by atoms with van der Waals surface area (Å²) in [7, 11) is 0. The number of aliphatic hydroxyl groups is 3. The third-order valence-electron chi connectivity index (χ3n) is 9.69. The Balaban J connectivity index is 1.73. The van der Waals surface area contributed by atoms with Gasteiger partial charge in [-0.2, -0.15) is 0 Å². The second kappa shape index (κ2) is 5.78. The molecular formula is C22H36O4. The number of carbonyl (C=O) groups is 1. The van der Waals surface area contributed by atoms with Crippen molar-refractivity contribution in [3.63, 3.8) is 0 Å². The van der Waals surface area contributed by atoms with Crippen molar-refractivity contribution >= 4 is 5.78 Å². The van der Waals surface area contributed by atoms with Gasteiger partial charge in [0, 0.05) is 5.41 Å². The van der Waals surface area contributed by atoms with Gasteiger partial charge in [0.2, 0.25) is 0 Å². The molecule has 10 atom stereocenters. The van der Waals surface area contributed by atoms with Crippen molar-refractivity contribution in [2.75, 3.05) is 0 Å². The zero-order valence-corrected chi connectivity index (χ0v) is 16.7. The largest absolute Gasteiger partial charge is 0.393 e. The van der Waals surface area contributed by atoms with Crippen molar-refractivity contribution in [3.05, 3.63) is 0 Å². The van der Waals surface area contributed by atoms with E-state index < -0.39 is 17.1 Å². The van der Waals surface area contributed by atoms with Crippen LogP contribution in [0.5, 0.6) is 0 Å². The van der Waals surface area contributed by atoms with Gasteiger partial charge in [-0.1, -0.05) is 20.8 Å². The fraction of sp³-hybridized carbons (Fsp3) is 0.955. The van der Waals surface area contributed by atoms with Crippen molar-refractivity contribution in [3.8, 4) is 0 Å². The normalized spacial score (nSPS) is 59.3. The summed E-state index contributed by atoms with van der Waals surface area (Å²) in [5.41, 5.74) is -1.77. The summed E-state index contributed by atoms with van der Waals surface area (Å²) in [6.45, 7) is 7.92. The van der Waals surface area contributed by atoms with Crippen LogP contribution >= 0.6 is 0 Å². The van der Waals surface area contributed by atoms with E-state index in [0.29, 0.717) is 24.2 Å². The number of hydrogen-bond donors (Lipinski definition) is 3. The van der Waals surface area contributed by atoms with E-state index in [1.54, 1.807) is 0 Å². The maximum Gasteiger partial charge on any atom is 0.162 e. The lowest BCUT2D eigenvalue weighted by Gasteiger charge is -2.62. The molecule has 0 aliphatic heterocycles. The van der Waals surface area contributed by atoms with Crippen molar-refractivity contribution in [1.29, 1.82) is 0 Å². The summed E-state index contributed by atoms with van der Waals surface area (Å²) in [5.74, 6) is 1.19. The van der Waals surface area contributed by atoms with Gasteiger partial charge in [0.05, 0.1) is 12.2 Å². The molecule has 0 unspecified atom stereocenters. The Morgan fingerprint density at radius 2 is 1.77 bits per heavy atom. The van der Waals surface area contributed by atoms with Crippen molar-refractivity contribution < 1.29 is 20.1 Å². The Morgan fingerprint density at radius 1 is 1.08 bits per heavy atom. The van der Waals surface area contributed by atoms with Gasteiger partial charge in [0.1, 0.15) is 5.60 Å². The van der Waals surface area contributed by atoms with E-state index in [-0.39, 0.29) is 29.1 Å². The highest BCUT2D eigenvalue weighted by Crippen LogP contribution is 2.69. The van der Waals surface area contributed by atoms with Crippen LogP contribution in [0.25, 0.3) is 0 Å². The molecule has 0 amide bonds. The third-order valence-corrected chi connectivity index (χ3v) is 9.69. The van der Waals surface area contributed by atoms with Gasteiger partial charge in [-0.05, 0) is 86.9 Å².